The SMILES string of the molecule is CC(C)(C)C(N)C(=O)N1CCN(CC2CCCO2)CC1. The van der Waals surface area contributed by atoms with Crippen molar-refractivity contribution in [3.05, 3.63) is 0 Å². The first-order valence-electron chi connectivity index (χ1n) is 7.76. The Morgan fingerprint density at radius 1 is 1.30 bits per heavy atom. The quantitative estimate of drug-likeness (QED) is 0.827. The van der Waals surface area contributed by atoms with Gasteiger partial charge in [0, 0.05) is 39.3 Å². The predicted molar refractivity (Wildman–Crippen MR) is 79.4 cm³/mol. The van der Waals surface area contributed by atoms with Gasteiger partial charge in [-0.2, -0.15) is 0 Å². The Hall–Kier alpha value is -0.650. The molecule has 2 atom stereocenters. The molecule has 0 bridgehead atoms. The monoisotopic (exact) mass is 283 g/mol. The lowest BCUT2D eigenvalue weighted by molar-refractivity contribution is -0.136. The van der Waals surface area contributed by atoms with Crippen LogP contribution in [0, 0.1) is 5.41 Å². The van der Waals surface area contributed by atoms with Crippen LogP contribution >= 0.6 is 0 Å². The predicted octanol–water partition coefficient (Wildman–Crippen LogP) is 0.683. The number of amides is 1. The topological polar surface area (TPSA) is 58.8 Å². The molecular weight excluding hydrogens is 254 g/mol. The lowest BCUT2D eigenvalue weighted by atomic mass is 9.86. The minimum absolute atomic E-state index is 0.0919. The highest BCUT2D eigenvalue weighted by atomic mass is 16.5. The molecule has 2 aliphatic rings. The Labute approximate surface area is 122 Å². The van der Waals surface area contributed by atoms with E-state index in [2.05, 4.69) is 4.90 Å². The summed E-state index contributed by atoms with van der Waals surface area (Å²) in [4.78, 5) is 16.7. The van der Waals surface area contributed by atoms with Gasteiger partial charge in [0.15, 0.2) is 0 Å². The van der Waals surface area contributed by atoms with Crippen molar-refractivity contribution in [3.8, 4) is 0 Å². The Balaban J connectivity index is 1.77. The van der Waals surface area contributed by atoms with E-state index < -0.39 is 6.04 Å². The molecule has 2 aliphatic heterocycles. The van der Waals surface area contributed by atoms with E-state index in [9.17, 15) is 4.79 Å². The summed E-state index contributed by atoms with van der Waals surface area (Å²) >= 11 is 0. The first-order chi connectivity index (χ1) is 9.38. The summed E-state index contributed by atoms with van der Waals surface area (Å²) in [6.07, 6.45) is 2.76. The van der Waals surface area contributed by atoms with Gasteiger partial charge < -0.3 is 15.4 Å². The van der Waals surface area contributed by atoms with E-state index in [1.165, 1.54) is 12.8 Å². The number of hydrogen-bond acceptors (Lipinski definition) is 4. The molecule has 0 aromatic carbocycles. The molecule has 2 unspecified atom stereocenters. The summed E-state index contributed by atoms with van der Waals surface area (Å²) < 4.78 is 5.67. The van der Waals surface area contributed by atoms with Gasteiger partial charge >= 0.3 is 0 Å². The fourth-order valence-electron chi connectivity index (χ4n) is 2.79. The standard InChI is InChI=1S/C15H29N3O2/c1-15(2,3)13(16)14(19)18-8-6-17(7-9-18)11-12-5-4-10-20-12/h12-13H,4-11,16H2,1-3H3. The van der Waals surface area contributed by atoms with E-state index in [0.29, 0.717) is 6.10 Å². The lowest BCUT2D eigenvalue weighted by Crippen LogP contribution is -2.56. The Morgan fingerprint density at radius 3 is 2.45 bits per heavy atom. The average molecular weight is 283 g/mol. The molecule has 0 spiro atoms. The molecule has 2 fully saturated rings. The minimum atomic E-state index is -0.410. The van der Waals surface area contributed by atoms with Gasteiger partial charge in [-0.05, 0) is 18.3 Å². The highest BCUT2D eigenvalue weighted by Gasteiger charge is 2.33. The van der Waals surface area contributed by atoms with Crippen LogP contribution in [0.5, 0.6) is 0 Å². The number of hydrogen-bond donors (Lipinski definition) is 1. The largest absolute Gasteiger partial charge is 0.377 e. The van der Waals surface area contributed by atoms with E-state index in [0.717, 1.165) is 39.3 Å². The summed E-state index contributed by atoms with van der Waals surface area (Å²) in [5.41, 5.74) is 5.89. The lowest BCUT2D eigenvalue weighted by Gasteiger charge is -2.38. The van der Waals surface area contributed by atoms with Gasteiger partial charge in [-0.15, -0.1) is 0 Å². The number of piperazine rings is 1. The van der Waals surface area contributed by atoms with Crippen molar-refractivity contribution in [2.24, 2.45) is 11.1 Å². The van der Waals surface area contributed by atoms with E-state index in [-0.39, 0.29) is 11.3 Å². The van der Waals surface area contributed by atoms with Crippen molar-refractivity contribution in [2.75, 3.05) is 39.3 Å². The molecular formula is C15H29N3O2. The summed E-state index contributed by atoms with van der Waals surface area (Å²) in [5, 5.41) is 0. The van der Waals surface area contributed by atoms with Crippen molar-refractivity contribution in [1.82, 2.24) is 9.80 Å². The van der Waals surface area contributed by atoms with Crippen LogP contribution in [0.4, 0.5) is 0 Å². The fraction of sp³-hybridized carbons (Fsp3) is 0.933. The molecule has 2 rings (SSSR count). The zero-order valence-electron chi connectivity index (χ0n) is 13.1. The third-order valence-electron chi connectivity index (χ3n) is 4.37. The molecule has 5 heteroatoms. The van der Waals surface area contributed by atoms with Gasteiger partial charge in [0.2, 0.25) is 5.91 Å². The molecule has 0 saturated carbocycles. The molecule has 2 saturated heterocycles. The zero-order chi connectivity index (χ0) is 14.8. The number of nitrogens with zero attached hydrogens (tertiary/aromatic N) is 2. The zero-order valence-corrected chi connectivity index (χ0v) is 13.1. The van der Waals surface area contributed by atoms with Crippen LogP contribution in [0.2, 0.25) is 0 Å². The molecule has 5 nitrogen and oxygen atoms in total. The highest BCUT2D eigenvalue weighted by molar-refractivity contribution is 5.82. The van der Waals surface area contributed by atoms with Gasteiger partial charge in [0.1, 0.15) is 0 Å². The number of rotatable bonds is 3. The smallest absolute Gasteiger partial charge is 0.240 e. The Bertz CT molecular complexity index is 327. The number of ether oxygens (including phenoxy) is 1. The van der Waals surface area contributed by atoms with E-state index in [1.807, 2.05) is 25.7 Å². The van der Waals surface area contributed by atoms with Crippen LogP contribution in [-0.2, 0) is 9.53 Å². The van der Waals surface area contributed by atoms with E-state index >= 15 is 0 Å². The molecule has 2 N–H and O–H groups in total. The van der Waals surface area contributed by atoms with Crippen molar-refractivity contribution in [2.45, 2.75) is 45.8 Å². The Kier molecular flexibility index (Phi) is 5.04. The van der Waals surface area contributed by atoms with Crippen molar-refractivity contribution in [3.63, 3.8) is 0 Å². The second kappa shape index (κ2) is 6.41. The van der Waals surface area contributed by atoms with Gasteiger partial charge in [0.25, 0.3) is 0 Å². The van der Waals surface area contributed by atoms with Crippen molar-refractivity contribution in [1.29, 1.82) is 0 Å². The van der Waals surface area contributed by atoms with Crippen molar-refractivity contribution < 1.29 is 9.53 Å². The van der Waals surface area contributed by atoms with E-state index in [1.54, 1.807) is 0 Å². The fourth-order valence-corrected chi connectivity index (χ4v) is 2.79. The van der Waals surface area contributed by atoms with Crippen LogP contribution in [0.3, 0.4) is 0 Å². The maximum absolute atomic E-state index is 12.4. The third kappa shape index (κ3) is 3.93. The third-order valence-corrected chi connectivity index (χ3v) is 4.37. The number of carbonyl (C=O) groups excluding carboxylic acids is 1. The van der Waals surface area contributed by atoms with Gasteiger partial charge in [-0.1, -0.05) is 20.8 Å². The summed E-state index contributed by atoms with van der Waals surface area (Å²) in [6, 6.07) is -0.410. The van der Waals surface area contributed by atoms with Crippen LogP contribution in [0.15, 0.2) is 0 Å². The molecule has 20 heavy (non-hydrogen) atoms. The van der Waals surface area contributed by atoms with Crippen LogP contribution in [-0.4, -0.2) is 67.2 Å². The highest BCUT2D eigenvalue weighted by Crippen LogP contribution is 2.20. The second-order valence-corrected chi connectivity index (χ2v) is 7.10. The first-order valence-corrected chi connectivity index (χ1v) is 7.76. The van der Waals surface area contributed by atoms with E-state index in [4.69, 9.17) is 10.5 Å². The first kappa shape index (κ1) is 15.7. The summed E-state index contributed by atoms with van der Waals surface area (Å²) in [6.45, 7) is 11.4. The van der Waals surface area contributed by atoms with Crippen LogP contribution in [0.1, 0.15) is 33.6 Å². The molecule has 0 aromatic heterocycles. The molecule has 116 valence electrons. The molecule has 0 aromatic rings. The second-order valence-electron chi connectivity index (χ2n) is 7.10. The maximum Gasteiger partial charge on any atom is 0.240 e. The van der Waals surface area contributed by atoms with Crippen LogP contribution < -0.4 is 5.73 Å². The Morgan fingerprint density at radius 2 is 1.95 bits per heavy atom. The molecule has 2 heterocycles. The average Bonchev–Trinajstić information content (AvgIpc) is 2.90. The molecule has 0 radical (unpaired) electrons. The minimum Gasteiger partial charge on any atom is -0.377 e. The maximum atomic E-state index is 12.4. The summed E-state index contributed by atoms with van der Waals surface area (Å²) in [7, 11) is 0. The van der Waals surface area contributed by atoms with Gasteiger partial charge in [-0.25, -0.2) is 0 Å². The van der Waals surface area contributed by atoms with Crippen molar-refractivity contribution >= 4 is 5.91 Å². The summed E-state index contributed by atoms with van der Waals surface area (Å²) in [5.74, 6) is 0.0919. The number of nitrogens with two attached hydrogens (primary N) is 1. The normalized spacial score (nSPS) is 26.8. The molecule has 1 amide bonds. The van der Waals surface area contributed by atoms with Gasteiger partial charge in [-0.3, -0.25) is 9.69 Å². The van der Waals surface area contributed by atoms with Crippen LogP contribution in [0.25, 0.3) is 0 Å². The molecule has 0 aliphatic carbocycles. The number of carbonyl (C=O) groups is 1. The van der Waals surface area contributed by atoms with Gasteiger partial charge in [0.05, 0.1) is 12.1 Å².